The minimum absolute atomic E-state index is 0.134. The molecule has 1 amide bonds. The molecular formula is C30H39N5O. The molecule has 0 radical (unpaired) electrons. The summed E-state index contributed by atoms with van der Waals surface area (Å²) in [5, 5.41) is 10.1. The molecule has 4 rings (SSSR count). The average molecular weight is 486 g/mol. The van der Waals surface area contributed by atoms with Gasteiger partial charge in [0.15, 0.2) is 0 Å². The number of amides is 1. The van der Waals surface area contributed by atoms with E-state index in [1.165, 1.54) is 0 Å². The summed E-state index contributed by atoms with van der Waals surface area (Å²) in [6.07, 6.45) is 3.74. The summed E-state index contributed by atoms with van der Waals surface area (Å²) >= 11 is 0. The topological polar surface area (TPSA) is 78.9 Å². The van der Waals surface area contributed by atoms with Gasteiger partial charge in [-0.1, -0.05) is 55.8 Å². The van der Waals surface area contributed by atoms with Crippen molar-refractivity contribution in [3.05, 3.63) is 66.2 Å². The lowest BCUT2D eigenvalue weighted by molar-refractivity contribution is -0.131. The summed E-state index contributed by atoms with van der Waals surface area (Å²) in [5.74, 6) is 1.42. The Morgan fingerprint density at radius 2 is 1.61 bits per heavy atom. The summed E-state index contributed by atoms with van der Waals surface area (Å²) in [7, 11) is 0. The van der Waals surface area contributed by atoms with Gasteiger partial charge in [-0.05, 0) is 71.6 Å². The molecule has 2 aromatic carbocycles. The van der Waals surface area contributed by atoms with Gasteiger partial charge in [0.05, 0.1) is 11.1 Å². The summed E-state index contributed by atoms with van der Waals surface area (Å²) in [4.78, 5) is 22.8. The van der Waals surface area contributed by atoms with Gasteiger partial charge in [-0.15, -0.1) is 0 Å². The quantitative estimate of drug-likeness (QED) is 0.326. The SMILES string of the molecule is CCC(C)(C)NC(=O)C1(c2ccc(Nc3nc(NC(C)(C)C)cc(-c4ccccc4)n3)cc2)CCC1. The predicted molar refractivity (Wildman–Crippen MR) is 149 cm³/mol. The summed E-state index contributed by atoms with van der Waals surface area (Å²) < 4.78 is 0. The molecule has 1 saturated carbocycles. The van der Waals surface area contributed by atoms with E-state index in [0.717, 1.165) is 54.0 Å². The molecule has 6 nitrogen and oxygen atoms in total. The van der Waals surface area contributed by atoms with Crippen LogP contribution in [0, 0.1) is 0 Å². The molecule has 1 aliphatic carbocycles. The number of nitrogens with zero attached hydrogens (tertiary/aromatic N) is 2. The summed E-state index contributed by atoms with van der Waals surface area (Å²) in [5.41, 5.74) is 3.06. The Bertz CT molecular complexity index is 1190. The molecule has 0 aliphatic heterocycles. The average Bonchev–Trinajstić information content (AvgIpc) is 2.78. The first kappa shape index (κ1) is 25.7. The van der Waals surface area contributed by atoms with Crippen molar-refractivity contribution >= 4 is 23.4 Å². The van der Waals surface area contributed by atoms with Crippen LogP contribution in [0.25, 0.3) is 11.3 Å². The first-order valence-electron chi connectivity index (χ1n) is 12.9. The molecule has 0 atom stereocenters. The van der Waals surface area contributed by atoms with Gasteiger partial charge < -0.3 is 16.0 Å². The zero-order chi connectivity index (χ0) is 26.0. The maximum absolute atomic E-state index is 13.3. The van der Waals surface area contributed by atoms with Crippen molar-refractivity contribution in [1.29, 1.82) is 0 Å². The van der Waals surface area contributed by atoms with E-state index in [9.17, 15) is 4.79 Å². The van der Waals surface area contributed by atoms with E-state index in [1.54, 1.807) is 0 Å². The van der Waals surface area contributed by atoms with Gasteiger partial charge in [0.1, 0.15) is 5.82 Å². The van der Waals surface area contributed by atoms with E-state index >= 15 is 0 Å². The number of nitrogens with one attached hydrogen (secondary N) is 3. The molecule has 1 aliphatic rings. The number of carbonyl (C=O) groups excluding carboxylic acids is 1. The highest BCUT2D eigenvalue weighted by Gasteiger charge is 2.46. The number of carbonyl (C=O) groups is 1. The molecule has 3 aromatic rings. The maximum atomic E-state index is 13.3. The molecule has 3 N–H and O–H groups in total. The second-order valence-electron chi connectivity index (χ2n) is 11.5. The van der Waals surface area contributed by atoms with Crippen molar-refractivity contribution in [2.45, 2.75) is 83.7 Å². The Kier molecular flexibility index (Phi) is 7.07. The Morgan fingerprint density at radius 3 is 2.17 bits per heavy atom. The lowest BCUT2D eigenvalue weighted by Crippen LogP contribution is -2.55. The Hall–Kier alpha value is -3.41. The monoisotopic (exact) mass is 485 g/mol. The summed E-state index contributed by atoms with van der Waals surface area (Å²) in [6.45, 7) is 12.6. The van der Waals surface area contributed by atoms with E-state index < -0.39 is 5.41 Å². The maximum Gasteiger partial charge on any atom is 0.231 e. The van der Waals surface area contributed by atoms with Crippen LogP contribution in [0.2, 0.25) is 0 Å². The molecular weight excluding hydrogens is 446 g/mol. The number of hydrogen-bond donors (Lipinski definition) is 3. The largest absolute Gasteiger partial charge is 0.365 e. The Labute approximate surface area is 215 Å². The van der Waals surface area contributed by atoms with Crippen LogP contribution >= 0.6 is 0 Å². The van der Waals surface area contributed by atoms with Crippen LogP contribution in [0.1, 0.15) is 72.8 Å². The first-order chi connectivity index (χ1) is 17.0. The van der Waals surface area contributed by atoms with Gasteiger partial charge in [0, 0.05) is 28.4 Å². The van der Waals surface area contributed by atoms with Crippen LogP contribution in [0.3, 0.4) is 0 Å². The first-order valence-corrected chi connectivity index (χ1v) is 12.9. The fourth-order valence-corrected chi connectivity index (χ4v) is 4.40. The Balaban J connectivity index is 1.58. The third-order valence-corrected chi connectivity index (χ3v) is 6.97. The highest BCUT2D eigenvalue weighted by atomic mass is 16.2. The molecule has 0 saturated heterocycles. The molecule has 0 spiro atoms. The third kappa shape index (κ3) is 5.86. The molecule has 1 fully saturated rings. The standard InChI is InChI=1S/C30H39N5O/c1-7-29(5,6)35-26(36)30(18-11-19-30)22-14-16-23(17-15-22)31-27-32-24(21-12-9-8-10-13-21)20-25(33-27)34-28(2,3)4/h8-10,12-17,20H,7,11,18-19H2,1-6H3,(H,35,36)(H2,31,32,33,34). The van der Waals surface area contributed by atoms with Crippen LogP contribution in [0.15, 0.2) is 60.7 Å². The van der Waals surface area contributed by atoms with Crippen molar-refractivity contribution in [3.8, 4) is 11.3 Å². The highest BCUT2D eigenvalue weighted by Crippen LogP contribution is 2.44. The predicted octanol–water partition coefficient (Wildman–Crippen LogP) is 6.82. The molecule has 36 heavy (non-hydrogen) atoms. The van der Waals surface area contributed by atoms with Crippen LogP contribution < -0.4 is 16.0 Å². The summed E-state index contributed by atoms with van der Waals surface area (Å²) in [6, 6.07) is 20.2. The molecule has 0 bridgehead atoms. The van der Waals surface area contributed by atoms with Crippen LogP contribution in [-0.2, 0) is 10.2 Å². The van der Waals surface area contributed by atoms with Crippen molar-refractivity contribution in [1.82, 2.24) is 15.3 Å². The minimum atomic E-state index is -0.432. The molecule has 1 aromatic heterocycles. The third-order valence-electron chi connectivity index (χ3n) is 6.97. The lowest BCUT2D eigenvalue weighted by Gasteiger charge is -2.43. The zero-order valence-electron chi connectivity index (χ0n) is 22.4. The second-order valence-corrected chi connectivity index (χ2v) is 11.5. The van der Waals surface area contributed by atoms with E-state index in [4.69, 9.17) is 9.97 Å². The van der Waals surface area contributed by atoms with Crippen LogP contribution in [0.5, 0.6) is 0 Å². The van der Waals surface area contributed by atoms with Crippen molar-refractivity contribution in [3.63, 3.8) is 0 Å². The molecule has 1 heterocycles. The second kappa shape index (κ2) is 9.92. The number of benzene rings is 2. The van der Waals surface area contributed by atoms with Crippen molar-refractivity contribution in [2.24, 2.45) is 0 Å². The van der Waals surface area contributed by atoms with Crippen LogP contribution in [-0.4, -0.2) is 27.0 Å². The van der Waals surface area contributed by atoms with Gasteiger partial charge in [0.2, 0.25) is 11.9 Å². The van der Waals surface area contributed by atoms with E-state index in [0.29, 0.717) is 5.95 Å². The fourth-order valence-electron chi connectivity index (χ4n) is 4.40. The zero-order valence-corrected chi connectivity index (χ0v) is 22.4. The van der Waals surface area contributed by atoms with Gasteiger partial charge >= 0.3 is 0 Å². The van der Waals surface area contributed by atoms with E-state index in [1.807, 2.05) is 48.5 Å². The molecule has 0 unspecified atom stereocenters. The van der Waals surface area contributed by atoms with Gasteiger partial charge in [0.25, 0.3) is 0 Å². The minimum Gasteiger partial charge on any atom is -0.365 e. The van der Waals surface area contributed by atoms with Crippen molar-refractivity contribution in [2.75, 3.05) is 10.6 Å². The van der Waals surface area contributed by atoms with Gasteiger partial charge in [-0.3, -0.25) is 4.79 Å². The number of anilines is 3. The molecule has 6 heteroatoms. The van der Waals surface area contributed by atoms with E-state index in [-0.39, 0.29) is 17.0 Å². The highest BCUT2D eigenvalue weighted by molar-refractivity contribution is 5.90. The molecule has 190 valence electrons. The number of hydrogen-bond acceptors (Lipinski definition) is 5. The van der Waals surface area contributed by atoms with Crippen molar-refractivity contribution < 1.29 is 4.79 Å². The number of aromatic nitrogens is 2. The van der Waals surface area contributed by atoms with E-state index in [2.05, 4.69) is 69.6 Å². The number of rotatable bonds is 8. The smallest absolute Gasteiger partial charge is 0.231 e. The Morgan fingerprint density at radius 1 is 0.944 bits per heavy atom. The van der Waals surface area contributed by atoms with Crippen LogP contribution in [0.4, 0.5) is 17.5 Å². The normalized spacial score (nSPS) is 15.1. The van der Waals surface area contributed by atoms with Gasteiger partial charge in [-0.25, -0.2) is 4.98 Å². The lowest BCUT2D eigenvalue weighted by atomic mass is 9.63. The fraction of sp³-hybridized carbons (Fsp3) is 0.433. The van der Waals surface area contributed by atoms with Gasteiger partial charge in [-0.2, -0.15) is 4.98 Å².